The Bertz CT molecular complexity index is 236. The van der Waals surface area contributed by atoms with Gasteiger partial charge in [-0.3, -0.25) is 0 Å². The van der Waals surface area contributed by atoms with E-state index >= 15 is 0 Å². The van der Waals surface area contributed by atoms with Gasteiger partial charge in [0.1, 0.15) is 8.07 Å². The zero-order chi connectivity index (χ0) is 12.1. The molecule has 0 spiro atoms. The topological polar surface area (TPSA) is 0 Å². The van der Waals surface area contributed by atoms with E-state index in [9.17, 15) is 0 Å². The van der Waals surface area contributed by atoms with Crippen LogP contribution in [0.2, 0.25) is 19.6 Å². The summed E-state index contributed by atoms with van der Waals surface area (Å²) in [6.07, 6.45) is 2.59. The van der Waals surface area contributed by atoms with E-state index in [4.69, 9.17) is 0 Å². The molecule has 0 nitrogen and oxygen atoms in total. The van der Waals surface area contributed by atoms with Gasteiger partial charge in [-0.1, -0.05) is 38.9 Å². The van der Waals surface area contributed by atoms with Crippen molar-refractivity contribution >= 4 is 21.7 Å². The summed E-state index contributed by atoms with van der Waals surface area (Å²) in [6.45, 7) is 13.4. The molecule has 1 aliphatic rings. The second-order valence-corrected chi connectivity index (χ2v) is 10.1. The van der Waals surface area contributed by atoms with Crippen molar-refractivity contribution in [2.24, 2.45) is 17.8 Å². The fourth-order valence-electron chi connectivity index (χ4n) is 1.76. The van der Waals surface area contributed by atoms with E-state index in [0.29, 0.717) is 11.8 Å². The molecular weight excluding hydrogens is 318 g/mol. The number of rotatable bonds is 0. The van der Waals surface area contributed by atoms with Gasteiger partial charge in [-0.15, -0.1) is 11.5 Å². The van der Waals surface area contributed by atoms with Crippen LogP contribution >= 0.6 is 13.6 Å². The van der Waals surface area contributed by atoms with Gasteiger partial charge in [-0.25, -0.2) is 0 Å². The molecule has 1 fully saturated rings. The molecule has 1 aliphatic carbocycles. The third-order valence-electron chi connectivity index (χ3n) is 2.81. The molecule has 0 bridgehead atoms. The molecule has 0 saturated heterocycles. The number of hydrogen-bond acceptors (Lipinski definition) is 0. The molecule has 0 aromatic rings. The molecule has 3 atom stereocenters. The summed E-state index contributed by atoms with van der Waals surface area (Å²) in [5, 5.41) is 0. The molecule has 0 unspecified atom stereocenters. The van der Waals surface area contributed by atoms with Crippen LogP contribution in [0.3, 0.4) is 0 Å². The van der Waals surface area contributed by atoms with Crippen molar-refractivity contribution in [1.29, 1.82) is 0 Å². The third-order valence-corrected chi connectivity index (χ3v) is 3.71. The Balaban J connectivity index is 0.000000921. The summed E-state index contributed by atoms with van der Waals surface area (Å²) in [6, 6.07) is 0. The van der Waals surface area contributed by atoms with E-state index in [1.54, 1.807) is 0 Å². The van der Waals surface area contributed by atoms with Crippen molar-refractivity contribution < 1.29 is 16.3 Å². The predicted octanol–water partition coefficient (Wildman–Crippen LogP) is 4.21. The SMILES string of the molecule is [CH2-][C@@H]1[C@@H](C)CC[C@@H]1C#C[Si](C)(C)C.[Zn+][Br]. The van der Waals surface area contributed by atoms with Crippen molar-refractivity contribution in [3.05, 3.63) is 6.92 Å². The number of halogens is 1. The molecule has 0 radical (unpaired) electrons. The Kier molecular flexibility index (Phi) is 7.68. The van der Waals surface area contributed by atoms with Crippen LogP contribution in [0.15, 0.2) is 0 Å². The maximum atomic E-state index is 4.21. The van der Waals surface area contributed by atoms with Crippen LogP contribution in [0.25, 0.3) is 0 Å². The van der Waals surface area contributed by atoms with Gasteiger partial charge in [0.05, 0.1) is 0 Å². The van der Waals surface area contributed by atoms with Gasteiger partial charge in [0.15, 0.2) is 0 Å². The minimum atomic E-state index is -1.17. The fraction of sp³-hybridized carbons (Fsp3) is 0.750. The Morgan fingerprint density at radius 1 is 1.27 bits per heavy atom. The summed E-state index contributed by atoms with van der Waals surface area (Å²) in [7, 11) is -1.17. The van der Waals surface area contributed by atoms with Crippen LogP contribution in [0.5, 0.6) is 0 Å². The summed E-state index contributed by atoms with van der Waals surface area (Å²) in [5.74, 6) is 5.39. The van der Waals surface area contributed by atoms with Crippen molar-refractivity contribution in [3.63, 3.8) is 0 Å². The normalized spacial score (nSPS) is 30.0. The van der Waals surface area contributed by atoms with Gasteiger partial charge in [-0.05, 0) is 12.3 Å². The molecule has 1 rings (SSSR count). The first-order chi connectivity index (χ1) is 6.90. The van der Waals surface area contributed by atoms with E-state index < -0.39 is 8.07 Å². The Labute approximate surface area is 113 Å². The molecule has 82 valence electrons. The fourth-order valence-corrected chi connectivity index (χ4v) is 2.37. The molecule has 0 aromatic carbocycles. The summed E-state index contributed by atoms with van der Waals surface area (Å²) >= 11 is 4.25. The van der Waals surface area contributed by atoms with Gasteiger partial charge in [0.25, 0.3) is 0 Å². The molecule has 1 saturated carbocycles. The minimum absolute atomic E-state index is 0.573. The monoisotopic (exact) mass is 336 g/mol. The Hall–Kier alpha value is 0.880. The molecule has 0 amide bonds. The van der Waals surface area contributed by atoms with E-state index in [1.807, 2.05) is 0 Å². The Morgan fingerprint density at radius 3 is 2.13 bits per heavy atom. The second-order valence-electron chi connectivity index (χ2n) is 5.34. The quantitative estimate of drug-likeness (QED) is 0.353. The van der Waals surface area contributed by atoms with E-state index in [-0.39, 0.29) is 0 Å². The first-order valence-corrected chi connectivity index (χ1v) is 16.0. The first kappa shape index (κ1) is 15.9. The third kappa shape index (κ3) is 6.25. The van der Waals surface area contributed by atoms with E-state index in [1.165, 1.54) is 29.2 Å². The van der Waals surface area contributed by atoms with Crippen LogP contribution in [0.4, 0.5) is 0 Å². The summed E-state index contributed by atoms with van der Waals surface area (Å²) in [4.78, 5) is 0. The zero-order valence-electron chi connectivity index (χ0n) is 10.4. The molecule has 15 heavy (non-hydrogen) atoms. The van der Waals surface area contributed by atoms with Crippen molar-refractivity contribution in [3.8, 4) is 11.5 Å². The van der Waals surface area contributed by atoms with E-state index in [0.717, 1.165) is 5.92 Å². The second kappa shape index (κ2) is 7.25. The average Bonchev–Trinajstić information content (AvgIpc) is 2.47. The molecule has 0 heterocycles. The summed E-state index contributed by atoms with van der Waals surface area (Å²) < 4.78 is 0. The van der Waals surface area contributed by atoms with Crippen molar-refractivity contribution in [2.45, 2.75) is 39.4 Å². The molecule has 0 N–H and O–H groups in total. The van der Waals surface area contributed by atoms with Crippen LogP contribution in [0.1, 0.15) is 19.8 Å². The average molecular weight is 339 g/mol. The van der Waals surface area contributed by atoms with Gasteiger partial charge in [0.2, 0.25) is 0 Å². The zero-order valence-corrected chi connectivity index (χ0v) is 16.0. The van der Waals surface area contributed by atoms with Crippen LogP contribution in [-0.4, -0.2) is 8.07 Å². The van der Waals surface area contributed by atoms with Crippen LogP contribution in [-0.2, 0) is 16.3 Å². The van der Waals surface area contributed by atoms with E-state index in [2.05, 4.69) is 58.6 Å². The molecule has 0 aliphatic heterocycles. The first-order valence-electron chi connectivity index (χ1n) is 5.52. The molecule has 3 heteroatoms. The van der Waals surface area contributed by atoms with Crippen LogP contribution < -0.4 is 0 Å². The van der Waals surface area contributed by atoms with Crippen molar-refractivity contribution in [2.75, 3.05) is 0 Å². The van der Waals surface area contributed by atoms with Gasteiger partial charge in [-0.2, -0.15) is 5.92 Å². The standard InChI is InChI=1S/C12H21Si.BrH.Zn/c1-10-6-7-12(11(10)2)8-9-13(3,4)5;;/h10-12H,2,6-7H2,1,3-5H3;1H;/q-1;;+2/p-1/t10-,11+,12+;;/m0../s1. The van der Waals surface area contributed by atoms with Gasteiger partial charge in [0, 0.05) is 0 Å². The molecule has 0 aromatic heterocycles. The molecular formula is C12H21BrSiZn. The van der Waals surface area contributed by atoms with Gasteiger partial charge < -0.3 is 6.92 Å². The van der Waals surface area contributed by atoms with Crippen molar-refractivity contribution in [1.82, 2.24) is 0 Å². The van der Waals surface area contributed by atoms with Gasteiger partial charge >= 0.3 is 30.0 Å². The van der Waals surface area contributed by atoms with Crippen LogP contribution in [0, 0.1) is 36.1 Å². The maximum absolute atomic E-state index is 4.21. The Morgan fingerprint density at radius 2 is 1.80 bits per heavy atom. The number of hydrogen-bond donors (Lipinski definition) is 0. The summed E-state index contributed by atoms with van der Waals surface area (Å²) in [5.41, 5.74) is 3.46. The predicted molar refractivity (Wildman–Crippen MR) is 70.8 cm³/mol.